The highest BCUT2D eigenvalue weighted by molar-refractivity contribution is 7.70. The number of nitro groups is 1. The summed E-state index contributed by atoms with van der Waals surface area (Å²) in [6.07, 6.45) is 0. The Morgan fingerprint density at radius 2 is 1.76 bits per heavy atom. The van der Waals surface area contributed by atoms with E-state index < -0.39 is 17.4 Å². The average Bonchev–Trinajstić information content (AvgIpc) is 3.20. The molecule has 0 spiro atoms. The number of nitrogens with zero attached hydrogens (tertiary/aromatic N) is 3. The van der Waals surface area contributed by atoms with Crippen LogP contribution in [-0.4, -0.2) is 23.2 Å². The molecule has 3 rings (SSSR count). The monoisotopic (exact) mass is 469 g/mol. The van der Waals surface area contributed by atoms with E-state index in [1.807, 2.05) is 64.1 Å². The van der Waals surface area contributed by atoms with E-state index in [0.29, 0.717) is 11.3 Å². The lowest BCUT2D eigenvalue weighted by Gasteiger charge is -2.35. The molecule has 3 aromatic rings. The van der Waals surface area contributed by atoms with Gasteiger partial charge in [-0.2, -0.15) is 0 Å². The molecule has 0 saturated heterocycles. The number of furan rings is 1. The van der Waals surface area contributed by atoms with Crippen LogP contribution in [-0.2, 0) is 0 Å². The zero-order valence-corrected chi connectivity index (χ0v) is 21.0. The minimum atomic E-state index is -2.95. The van der Waals surface area contributed by atoms with Crippen LogP contribution in [0.4, 0.5) is 17.1 Å². The van der Waals surface area contributed by atoms with E-state index in [-0.39, 0.29) is 11.4 Å². The third-order valence-corrected chi connectivity index (χ3v) is 9.07. The van der Waals surface area contributed by atoms with Crippen LogP contribution >= 0.6 is 7.28 Å². The largest absolute Gasteiger partial charge is 0.457 e. The molecule has 0 fully saturated rings. The van der Waals surface area contributed by atoms with E-state index in [9.17, 15) is 10.1 Å². The molecule has 0 bridgehead atoms. The predicted octanol–water partition coefficient (Wildman–Crippen LogP) is 7.29. The van der Waals surface area contributed by atoms with Crippen molar-refractivity contribution >= 4 is 29.8 Å². The van der Waals surface area contributed by atoms with Crippen molar-refractivity contribution in [1.82, 2.24) is 0 Å². The van der Waals surface area contributed by atoms with E-state index in [1.165, 1.54) is 6.07 Å². The third-order valence-electron chi connectivity index (χ3n) is 5.44. The lowest BCUT2D eigenvalue weighted by Crippen LogP contribution is -2.26. The molecule has 0 unspecified atom stereocenters. The number of hydrogen-bond acceptors (Lipinski definition) is 6. The first-order valence-corrected chi connectivity index (χ1v) is 12.7. The van der Waals surface area contributed by atoms with Gasteiger partial charge in [-0.3, -0.25) is 10.1 Å². The SMILES string of the molecule is CCN(CC)c1cccc(O[P@](=Nc2ccccc2[N+](=O)[O-])(c2ccc(C)o2)C(C)(C)C)c1. The number of nitro benzene ring substituents is 1. The van der Waals surface area contributed by atoms with E-state index in [2.05, 4.69) is 18.7 Å². The van der Waals surface area contributed by atoms with E-state index in [4.69, 9.17) is 13.7 Å². The summed E-state index contributed by atoms with van der Waals surface area (Å²) in [5.74, 6) is 1.39. The molecule has 0 amide bonds. The van der Waals surface area contributed by atoms with E-state index in [1.54, 1.807) is 18.2 Å². The van der Waals surface area contributed by atoms with Crippen LogP contribution in [0.1, 0.15) is 40.4 Å². The van der Waals surface area contributed by atoms with Crippen molar-refractivity contribution in [3.8, 4) is 5.75 Å². The van der Waals surface area contributed by atoms with Gasteiger partial charge in [0.25, 0.3) is 5.69 Å². The summed E-state index contributed by atoms with van der Waals surface area (Å²) < 4.78 is 17.9. The Morgan fingerprint density at radius 1 is 1.06 bits per heavy atom. The third kappa shape index (κ3) is 5.14. The van der Waals surface area contributed by atoms with Crippen molar-refractivity contribution in [1.29, 1.82) is 0 Å². The Balaban J connectivity index is 2.29. The maximum Gasteiger partial charge on any atom is 0.294 e. The van der Waals surface area contributed by atoms with Crippen LogP contribution < -0.4 is 14.9 Å². The highest BCUT2D eigenvalue weighted by Crippen LogP contribution is 2.62. The number of rotatable bonds is 8. The van der Waals surface area contributed by atoms with Crippen LogP contribution in [0.3, 0.4) is 0 Å². The van der Waals surface area contributed by atoms with Crippen molar-refractivity contribution in [3.05, 3.63) is 76.5 Å². The Kier molecular flexibility index (Phi) is 7.33. The second kappa shape index (κ2) is 9.84. The van der Waals surface area contributed by atoms with Gasteiger partial charge in [-0.25, -0.2) is 4.74 Å². The molecule has 0 saturated carbocycles. The first-order chi connectivity index (χ1) is 15.6. The molecular formula is C25H32N3O4P. The van der Waals surface area contributed by atoms with Gasteiger partial charge in [0.15, 0.2) is 5.50 Å². The lowest BCUT2D eigenvalue weighted by atomic mass is 10.2. The maximum atomic E-state index is 11.7. The molecule has 2 aromatic carbocycles. The molecule has 33 heavy (non-hydrogen) atoms. The van der Waals surface area contributed by atoms with Gasteiger partial charge in [0, 0.05) is 36.1 Å². The summed E-state index contributed by atoms with van der Waals surface area (Å²) in [6.45, 7) is 13.9. The fourth-order valence-electron chi connectivity index (χ4n) is 3.65. The minimum Gasteiger partial charge on any atom is -0.457 e. The maximum absolute atomic E-state index is 11.7. The van der Waals surface area contributed by atoms with Crippen molar-refractivity contribution in [2.24, 2.45) is 4.74 Å². The molecular weight excluding hydrogens is 437 g/mol. The smallest absolute Gasteiger partial charge is 0.294 e. The standard InChI is InChI=1S/C25H32N3O4P/c1-7-27(8-2)20-12-11-13-21(18-20)32-33(25(4,5)6,24-17-16-19(3)31-24)26-22-14-9-10-15-23(22)28(29)30/h9-18H,7-8H2,1-6H3/t33-/m1/s1. The minimum absolute atomic E-state index is 0.0603. The molecule has 0 radical (unpaired) electrons. The number of benzene rings is 2. The molecule has 7 nitrogen and oxygen atoms in total. The molecule has 0 aliphatic heterocycles. The summed E-state index contributed by atoms with van der Waals surface area (Å²) in [5, 5.41) is 11.2. The average molecular weight is 470 g/mol. The second-order valence-corrected chi connectivity index (χ2v) is 12.1. The van der Waals surface area contributed by atoms with Gasteiger partial charge < -0.3 is 13.8 Å². The van der Waals surface area contributed by atoms with Crippen molar-refractivity contribution in [2.45, 2.75) is 46.7 Å². The zero-order valence-electron chi connectivity index (χ0n) is 20.1. The lowest BCUT2D eigenvalue weighted by molar-refractivity contribution is -0.384. The first kappa shape index (κ1) is 24.6. The van der Waals surface area contributed by atoms with Gasteiger partial charge in [0.05, 0.1) is 4.92 Å². The Morgan fingerprint density at radius 3 is 2.33 bits per heavy atom. The number of anilines is 1. The second-order valence-electron chi connectivity index (χ2n) is 8.74. The molecule has 0 aliphatic rings. The first-order valence-electron chi connectivity index (χ1n) is 11.1. The van der Waals surface area contributed by atoms with Crippen molar-refractivity contribution in [2.75, 3.05) is 18.0 Å². The topological polar surface area (TPSA) is 81.1 Å². The molecule has 1 aromatic heterocycles. The normalized spacial score (nSPS) is 13.3. The highest BCUT2D eigenvalue weighted by Gasteiger charge is 2.42. The van der Waals surface area contributed by atoms with E-state index in [0.717, 1.165) is 24.5 Å². The molecule has 1 atom stereocenters. The van der Waals surface area contributed by atoms with E-state index >= 15 is 0 Å². The molecule has 176 valence electrons. The summed E-state index contributed by atoms with van der Waals surface area (Å²) in [7, 11) is -2.95. The highest BCUT2D eigenvalue weighted by atomic mass is 31.2. The summed E-state index contributed by atoms with van der Waals surface area (Å²) >= 11 is 0. The van der Waals surface area contributed by atoms with Crippen LogP contribution in [0.5, 0.6) is 5.75 Å². The fraction of sp³-hybridized carbons (Fsp3) is 0.360. The van der Waals surface area contributed by atoms with Gasteiger partial charge in [0.2, 0.25) is 7.28 Å². The van der Waals surface area contributed by atoms with Crippen molar-refractivity contribution < 1.29 is 13.9 Å². The van der Waals surface area contributed by atoms with Gasteiger partial charge in [0.1, 0.15) is 17.2 Å². The number of para-hydroxylation sites is 1. The summed E-state index contributed by atoms with van der Waals surface area (Å²) in [4.78, 5) is 13.6. The van der Waals surface area contributed by atoms with Crippen LogP contribution in [0.25, 0.3) is 0 Å². The number of hydrogen-bond donors (Lipinski definition) is 0. The Bertz CT molecular complexity index is 1180. The van der Waals surface area contributed by atoms with Crippen LogP contribution in [0.2, 0.25) is 0 Å². The quantitative estimate of drug-likeness (QED) is 0.196. The van der Waals surface area contributed by atoms with Gasteiger partial charge in [-0.05, 0) is 51.1 Å². The summed E-state index contributed by atoms with van der Waals surface area (Å²) in [6, 6.07) is 18.2. The molecule has 1 heterocycles. The van der Waals surface area contributed by atoms with Crippen LogP contribution in [0, 0.1) is 17.0 Å². The number of aryl methyl sites for hydroxylation is 1. The Labute approximate surface area is 195 Å². The molecule has 8 heteroatoms. The molecule has 0 N–H and O–H groups in total. The predicted molar refractivity (Wildman–Crippen MR) is 136 cm³/mol. The van der Waals surface area contributed by atoms with Crippen LogP contribution in [0.15, 0.2) is 69.8 Å². The van der Waals surface area contributed by atoms with Gasteiger partial charge in [-0.1, -0.05) is 39.0 Å². The summed E-state index contributed by atoms with van der Waals surface area (Å²) in [5.41, 5.74) is 1.86. The van der Waals surface area contributed by atoms with Gasteiger partial charge in [-0.15, -0.1) is 0 Å². The van der Waals surface area contributed by atoms with Crippen molar-refractivity contribution in [3.63, 3.8) is 0 Å². The molecule has 0 aliphatic carbocycles. The zero-order chi connectivity index (χ0) is 24.2. The Hall–Kier alpha value is -3.05. The van der Waals surface area contributed by atoms with Gasteiger partial charge >= 0.3 is 0 Å². The fourth-order valence-corrected chi connectivity index (χ4v) is 6.55.